The standard InChI is InChI=1S/C16H13BrN2OS/c1-9-7-13-14(8-10(9)2)21-16(18-13)19-15(20)11-3-5-12(17)6-4-11/h3-8H,1-2H3,(H,18,19,20). The molecule has 0 bridgehead atoms. The lowest BCUT2D eigenvalue weighted by Crippen LogP contribution is -2.11. The van der Waals surface area contributed by atoms with Crippen molar-refractivity contribution in [1.29, 1.82) is 0 Å². The van der Waals surface area contributed by atoms with E-state index in [-0.39, 0.29) is 5.91 Å². The summed E-state index contributed by atoms with van der Waals surface area (Å²) < 4.78 is 2.04. The molecule has 0 aliphatic heterocycles. The summed E-state index contributed by atoms with van der Waals surface area (Å²) in [5, 5.41) is 3.49. The molecule has 1 N–H and O–H groups in total. The lowest BCUT2D eigenvalue weighted by molar-refractivity contribution is 0.102. The predicted octanol–water partition coefficient (Wildman–Crippen LogP) is 4.93. The molecule has 0 aliphatic carbocycles. The lowest BCUT2D eigenvalue weighted by atomic mass is 10.1. The maximum absolute atomic E-state index is 12.2. The Morgan fingerprint density at radius 3 is 2.52 bits per heavy atom. The first-order valence-electron chi connectivity index (χ1n) is 6.47. The van der Waals surface area contributed by atoms with Crippen LogP contribution in [0.25, 0.3) is 10.2 Å². The number of amides is 1. The Bertz CT molecular complexity index is 785. The van der Waals surface area contributed by atoms with Gasteiger partial charge in [0.1, 0.15) is 0 Å². The SMILES string of the molecule is Cc1cc2nc(NC(=O)c3ccc(Br)cc3)sc2cc1C. The zero-order valence-corrected chi connectivity index (χ0v) is 14.0. The van der Waals surface area contributed by atoms with Gasteiger partial charge in [-0.05, 0) is 61.4 Å². The second-order valence-corrected chi connectivity index (χ2v) is 6.83. The fourth-order valence-corrected chi connectivity index (χ4v) is 3.21. The predicted molar refractivity (Wildman–Crippen MR) is 91.2 cm³/mol. The molecule has 0 fully saturated rings. The van der Waals surface area contributed by atoms with E-state index in [2.05, 4.69) is 52.2 Å². The molecule has 106 valence electrons. The Morgan fingerprint density at radius 2 is 1.81 bits per heavy atom. The van der Waals surface area contributed by atoms with Crippen LogP contribution in [-0.2, 0) is 0 Å². The summed E-state index contributed by atoms with van der Waals surface area (Å²) in [6.07, 6.45) is 0. The monoisotopic (exact) mass is 360 g/mol. The highest BCUT2D eigenvalue weighted by Gasteiger charge is 2.10. The van der Waals surface area contributed by atoms with Crippen molar-refractivity contribution in [3.8, 4) is 0 Å². The number of carbonyl (C=O) groups is 1. The number of hydrogen-bond donors (Lipinski definition) is 1. The molecule has 1 amide bonds. The number of anilines is 1. The highest BCUT2D eigenvalue weighted by Crippen LogP contribution is 2.28. The largest absolute Gasteiger partial charge is 0.298 e. The Balaban J connectivity index is 1.87. The van der Waals surface area contributed by atoms with Crippen LogP contribution >= 0.6 is 27.3 Å². The van der Waals surface area contributed by atoms with Crippen LogP contribution in [0.3, 0.4) is 0 Å². The number of nitrogens with one attached hydrogen (secondary N) is 1. The molecule has 0 radical (unpaired) electrons. The van der Waals surface area contributed by atoms with Gasteiger partial charge in [-0.1, -0.05) is 27.3 Å². The van der Waals surface area contributed by atoms with E-state index in [1.165, 1.54) is 22.5 Å². The fourth-order valence-electron chi connectivity index (χ4n) is 2.00. The molecule has 1 aromatic heterocycles. The second-order valence-electron chi connectivity index (χ2n) is 4.88. The Kier molecular flexibility index (Phi) is 3.78. The molecule has 0 aliphatic rings. The van der Waals surface area contributed by atoms with Gasteiger partial charge in [0.05, 0.1) is 10.2 Å². The number of carbonyl (C=O) groups excluding carboxylic acids is 1. The number of fused-ring (bicyclic) bond motifs is 1. The third-order valence-corrected chi connectivity index (χ3v) is 4.79. The van der Waals surface area contributed by atoms with Gasteiger partial charge in [-0.25, -0.2) is 4.98 Å². The molecule has 0 saturated carbocycles. The fraction of sp³-hybridized carbons (Fsp3) is 0.125. The molecule has 0 atom stereocenters. The third-order valence-electron chi connectivity index (χ3n) is 3.33. The molecule has 2 aromatic carbocycles. The molecule has 21 heavy (non-hydrogen) atoms. The van der Waals surface area contributed by atoms with Gasteiger partial charge >= 0.3 is 0 Å². The van der Waals surface area contributed by atoms with Crippen LogP contribution in [-0.4, -0.2) is 10.9 Å². The topological polar surface area (TPSA) is 42.0 Å². The maximum Gasteiger partial charge on any atom is 0.257 e. The number of benzene rings is 2. The van der Waals surface area contributed by atoms with Crippen LogP contribution in [0.1, 0.15) is 21.5 Å². The van der Waals surface area contributed by atoms with E-state index in [0.29, 0.717) is 10.7 Å². The van der Waals surface area contributed by atoms with Crippen LogP contribution in [0.4, 0.5) is 5.13 Å². The third kappa shape index (κ3) is 2.99. The van der Waals surface area contributed by atoms with E-state index in [0.717, 1.165) is 14.7 Å². The molecule has 3 rings (SSSR count). The zero-order chi connectivity index (χ0) is 15.0. The van der Waals surface area contributed by atoms with E-state index in [1.54, 1.807) is 12.1 Å². The summed E-state index contributed by atoms with van der Waals surface area (Å²) in [4.78, 5) is 16.7. The van der Waals surface area contributed by atoms with Crippen molar-refractivity contribution >= 4 is 48.5 Å². The Labute approximate surface area is 135 Å². The van der Waals surface area contributed by atoms with Gasteiger partial charge in [-0.15, -0.1) is 0 Å². The molecule has 5 heteroatoms. The molecule has 0 unspecified atom stereocenters. The van der Waals surface area contributed by atoms with Gasteiger partial charge in [0.25, 0.3) is 5.91 Å². The van der Waals surface area contributed by atoms with Crippen molar-refractivity contribution < 1.29 is 4.79 Å². The number of rotatable bonds is 2. The van der Waals surface area contributed by atoms with Gasteiger partial charge in [0, 0.05) is 10.0 Å². The average molecular weight is 361 g/mol. The minimum absolute atomic E-state index is 0.144. The van der Waals surface area contributed by atoms with Gasteiger partial charge in [0.15, 0.2) is 5.13 Å². The van der Waals surface area contributed by atoms with Crippen LogP contribution in [0.15, 0.2) is 40.9 Å². The molecular formula is C16H13BrN2OS. The first-order valence-corrected chi connectivity index (χ1v) is 8.08. The number of aryl methyl sites for hydroxylation is 2. The van der Waals surface area contributed by atoms with Crippen LogP contribution in [0, 0.1) is 13.8 Å². The summed E-state index contributed by atoms with van der Waals surface area (Å²) in [6.45, 7) is 4.14. The van der Waals surface area contributed by atoms with Crippen LogP contribution in [0.5, 0.6) is 0 Å². The first-order chi connectivity index (χ1) is 10.0. The smallest absolute Gasteiger partial charge is 0.257 e. The van der Waals surface area contributed by atoms with Crippen molar-refractivity contribution in [2.75, 3.05) is 5.32 Å². The summed E-state index contributed by atoms with van der Waals surface area (Å²) in [7, 11) is 0. The van der Waals surface area contributed by atoms with E-state index in [1.807, 2.05) is 12.1 Å². The van der Waals surface area contributed by atoms with Crippen molar-refractivity contribution in [2.45, 2.75) is 13.8 Å². The van der Waals surface area contributed by atoms with Gasteiger partial charge < -0.3 is 0 Å². The molecule has 3 aromatic rings. The normalized spacial score (nSPS) is 10.8. The second kappa shape index (κ2) is 5.58. The number of aromatic nitrogens is 1. The summed E-state index contributed by atoms with van der Waals surface area (Å²) >= 11 is 4.85. The highest BCUT2D eigenvalue weighted by atomic mass is 79.9. The van der Waals surface area contributed by atoms with E-state index < -0.39 is 0 Å². The highest BCUT2D eigenvalue weighted by molar-refractivity contribution is 9.10. The van der Waals surface area contributed by atoms with E-state index >= 15 is 0 Å². The van der Waals surface area contributed by atoms with Gasteiger partial charge in [-0.3, -0.25) is 10.1 Å². The van der Waals surface area contributed by atoms with E-state index in [9.17, 15) is 4.79 Å². The zero-order valence-electron chi connectivity index (χ0n) is 11.6. The van der Waals surface area contributed by atoms with Crippen molar-refractivity contribution in [3.63, 3.8) is 0 Å². The Morgan fingerprint density at radius 1 is 1.14 bits per heavy atom. The van der Waals surface area contributed by atoms with Crippen LogP contribution in [0.2, 0.25) is 0 Å². The lowest BCUT2D eigenvalue weighted by Gasteiger charge is -2.01. The summed E-state index contributed by atoms with van der Waals surface area (Å²) in [5.41, 5.74) is 3.98. The van der Waals surface area contributed by atoms with Gasteiger partial charge in [-0.2, -0.15) is 0 Å². The summed E-state index contributed by atoms with van der Waals surface area (Å²) in [6, 6.07) is 11.4. The quantitative estimate of drug-likeness (QED) is 0.703. The minimum atomic E-state index is -0.144. The molecule has 1 heterocycles. The number of hydrogen-bond acceptors (Lipinski definition) is 3. The minimum Gasteiger partial charge on any atom is -0.298 e. The van der Waals surface area contributed by atoms with E-state index in [4.69, 9.17) is 0 Å². The molecule has 0 spiro atoms. The molecular weight excluding hydrogens is 348 g/mol. The summed E-state index contributed by atoms with van der Waals surface area (Å²) in [5.74, 6) is -0.144. The number of nitrogens with zero attached hydrogens (tertiary/aromatic N) is 1. The van der Waals surface area contributed by atoms with Crippen molar-refractivity contribution in [2.24, 2.45) is 0 Å². The van der Waals surface area contributed by atoms with Gasteiger partial charge in [0.2, 0.25) is 0 Å². The number of thiazole rings is 1. The van der Waals surface area contributed by atoms with Crippen LogP contribution < -0.4 is 5.32 Å². The Hall–Kier alpha value is -1.72. The van der Waals surface area contributed by atoms with Crippen molar-refractivity contribution in [3.05, 3.63) is 57.6 Å². The maximum atomic E-state index is 12.2. The molecule has 3 nitrogen and oxygen atoms in total. The van der Waals surface area contributed by atoms with Crippen molar-refractivity contribution in [1.82, 2.24) is 4.98 Å². The first kappa shape index (κ1) is 14.2. The molecule has 0 saturated heterocycles. The number of halogens is 1. The average Bonchev–Trinajstić information content (AvgIpc) is 2.81.